The second-order valence-electron chi connectivity index (χ2n) is 3.32. The minimum Gasteiger partial charge on any atom is -0.311 e. The van der Waals surface area contributed by atoms with Gasteiger partial charge in [0.2, 0.25) is 0 Å². The summed E-state index contributed by atoms with van der Waals surface area (Å²) in [5.41, 5.74) is 0.795. The molecule has 0 unspecified atom stereocenters. The maximum Gasteiger partial charge on any atom is 0.269 e. The second-order valence-corrected chi connectivity index (χ2v) is 6.06. The van der Waals surface area contributed by atoms with Gasteiger partial charge in [-0.05, 0) is 40.2 Å². The summed E-state index contributed by atoms with van der Waals surface area (Å²) in [6.45, 7) is 0. The van der Waals surface area contributed by atoms with Gasteiger partial charge in [-0.1, -0.05) is 11.6 Å². The normalized spacial score (nSPS) is 10.3. The van der Waals surface area contributed by atoms with E-state index in [1.54, 1.807) is 42.4 Å². The first-order valence-corrected chi connectivity index (χ1v) is 6.71. The maximum absolute atomic E-state index is 12.1. The summed E-state index contributed by atoms with van der Waals surface area (Å²) in [5.74, 6) is -0.0875. The van der Waals surface area contributed by atoms with Gasteiger partial charge in [0.25, 0.3) is 5.91 Å². The number of amides is 1. The van der Waals surface area contributed by atoms with Gasteiger partial charge in [0.15, 0.2) is 3.92 Å². The van der Waals surface area contributed by atoms with Gasteiger partial charge < -0.3 is 4.90 Å². The number of nitrogens with zero attached hydrogens (tertiary/aromatic N) is 2. The summed E-state index contributed by atoms with van der Waals surface area (Å²) in [5, 5.41) is 0.648. The zero-order chi connectivity index (χ0) is 12.4. The van der Waals surface area contributed by atoms with Gasteiger partial charge in [0.05, 0.1) is 6.20 Å². The summed E-state index contributed by atoms with van der Waals surface area (Å²) in [7, 11) is 1.72. The van der Waals surface area contributed by atoms with Crippen LogP contribution in [0.1, 0.15) is 9.67 Å². The molecule has 2 aromatic rings. The molecule has 0 aliphatic rings. The van der Waals surface area contributed by atoms with Gasteiger partial charge in [0.1, 0.15) is 4.88 Å². The summed E-state index contributed by atoms with van der Waals surface area (Å²) >= 11 is 10.3. The highest BCUT2D eigenvalue weighted by Crippen LogP contribution is 2.23. The van der Waals surface area contributed by atoms with Gasteiger partial charge >= 0.3 is 0 Å². The van der Waals surface area contributed by atoms with Crippen LogP contribution in [0.4, 0.5) is 5.69 Å². The van der Waals surface area contributed by atoms with Crippen molar-refractivity contribution in [3.63, 3.8) is 0 Å². The van der Waals surface area contributed by atoms with Crippen LogP contribution in [0.25, 0.3) is 0 Å². The fourth-order valence-corrected chi connectivity index (χ4v) is 2.67. The lowest BCUT2D eigenvalue weighted by Gasteiger charge is -2.15. The minimum atomic E-state index is -0.0875. The van der Waals surface area contributed by atoms with Crippen molar-refractivity contribution >= 4 is 50.5 Å². The average Bonchev–Trinajstić information content (AvgIpc) is 2.75. The van der Waals surface area contributed by atoms with Crippen molar-refractivity contribution in [3.05, 3.63) is 44.3 Å². The van der Waals surface area contributed by atoms with Crippen LogP contribution in [0.5, 0.6) is 0 Å². The van der Waals surface area contributed by atoms with E-state index in [2.05, 4.69) is 20.9 Å². The average molecular weight is 332 g/mol. The molecule has 6 heteroatoms. The Morgan fingerprint density at radius 3 is 2.59 bits per heavy atom. The largest absolute Gasteiger partial charge is 0.311 e. The molecular weight excluding hydrogens is 324 g/mol. The van der Waals surface area contributed by atoms with Crippen LogP contribution in [-0.2, 0) is 0 Å². The number of rotatable bonds is 2. The molecule has 0 bridgehead atoms. The number of hydrogen-bond donors (Lipinski definition) is 0. The van der Waals surface area contributed by atoms with Crippen molar-refractivity contribution in [2.75, 3.05) is 11.9 Å². The molecule has 0 aliphatic heterocycles. The summed E-state index contributed by atoms with van der Waals surface area (Å²) < 4.78 is 0.699. The van der Waals surface area contributed by atoms with Crippen LogP contribution in [0.3, 0.4) is 0 Å². The molecule has 1 heterocycles. The summed E-state index contributed by atoms with van der Waals surface area (Å²) in [4.78, 5) is 18.2. The molecule has 0 aliphatic carbocycles. The molecule has 0 spiro atoms. The highest BCUT2D eigenvalue weighted by molar-refractivity contribution is 9.11. The first kappa shape index (κ1) is 12.5. The fourth-order valence-electron chi connectivity index (χ4n) is 1.30. The molecule has 88 valence electrons. The fraction of sp³-hybridized carbons (Fsp3) is 0.0909. The van der Waals surface area contributed by atoms with Crippen LogP contribution in [-0.4, -0.2) is 17.9 Å². The molecule has 1 aromatic heterocycles. The van der Waals surface area contributed by atoms with Gasteiger partial charge in [0, 0.05) is 17.8 Å². The molecular formula is C11H8BrClN2OS. The molecule has 17 heavy (non-hydrogen) atoms. The highest BCUT2D eigenvalue weighted by Gasteiger charge is 2.15. The van der Waals surface area contributed by atoms with Crippen LogP contribution in [0.2, 0.25) is 5.02 Å². The molecule has 0 radical (unpaired) electrons. The van der Waals surface area contributed by atoms with Crippen molar-refractivity contribution in [1.82, 2.24) is 4.98 Å². The highest BCUT2D eigenvalue weighted by atomic mass is 79.9. The Bertz CT molecular complexity index is 541. The van der Waals surface area contributed by atoms with Crippen molar-refractivity contribution < 1.29 is 4.79 Å². The number of thiazole rings is 1. The van der Waals surface area contributed by atoms with E-state index in [1.807, 2.05) is 0 Å². The quantitative estimate of drug-likeness (QED) is 0.838. The smallest absolute Gasteiger partial charge is 0.269 e. The zero-order valence-electron chi connectivity index (χ0n) is 8.85. The molecule has 3 nitrogen and oxygen atoms in total. The van der Waals surface area contributed by atoms with Crippen molar-refractivity contribution in [1.29, 1.82) is 0 Å². The van der Waals surface area contributed by atoms with Crippen LogP contribution in [0.15, 0.2) is 34.4 Å². The summed E-state index contributed by atoms with van der Waals surface area (Å²) in [6.07, 6.45) is 1.56. The number of halogens is 2. The van der Waals surface area contributed by atoms with Crippen molar-refractivity contribution in [3.8, 4) is 0 Å². The Morgan fingerprint density at radius 2 is 2.06 bits per heavy atom. The first-order chi connectivity index (χ1) is 8.08. The lowest BCUT2D eigenvalue weighted by atomic mass is 10.3. The third-order valence-electron chi connectivity index (χ3n) is 2.21. The molecule has 0 N–H and O–H groups in total. The molecule has 1 amide bonds. The van der Waals surface area contributed by atoms with Gasteiger partial charge in [-0.15, -0.1) is 11.3 Å². The Kier molecular flexibility index (Phi) is 3.81. The van der Waals surface area contributed by atoms with Crippen molar-refractivity contribution in [2.45, 2.75) is 0 Å². The first-order valence-electron chi connectivity index (χ1n) is 4.73. The Balaban J connectivity index is 2.23. The lowest BCUT2D eigenvalue weighted by Crippen LogP contribution is -2.25. The standard InChI is InChI=1S/C11H8BrClN2OS/c1-15(8-4-2-7(13)3-5-8)10(16)9-6-14-11(12)17-9/h2-6H,1H3. The van der Waals surface area contributed by atoms with Gasteiger partial charge in [-0.3, -0.25) is 4.79 Å². The van der Waals surface area contributed by atoms with E-state index in [9.17, 15) is 4.79 Å². The minimum absolute atomic E-state index is 0.0875. The topological polar surface area (TPSA) is 33.2 Å². The van der Waals surface area contributed by atoms with Gasteiger partial charge in [-0.25, -0.2) is 4.98 Å². The number of aromatic nitrogens is 1. The second kappa shape index (κ2) is 5.16. The SMILES string of the molecule is CN(C(=O)c1cnc(Br)s1)c1ccc(Cl)cc1. The van der Waals surface area contributed by atoms with E-state index in [4.69, 9.17) is 11.6 Å². The molecule has 2 rings (SSSR count). The van der Waals surface area contributed by atoms with Gasteiger partial charge in [-0.2, -0.15) is 0 Å². The molecule has 0 saturated carbocycles. The maximum atomic E-state index is 12.1. The monoisotopic (exact) mass is 330 g/mol. The predicted octanol–water partition coefficient (Wildman–Crippen LogP) is 3.84. The van der Waals surface area contributed by atoms with E-state index < -0.39 is 0 Å². The third-order valence-corrected chi connectivity index (χ3v) is 3.92. The predicted molar refractivity (Wildman–Crippen MR) is 74.0 cm³/mol. The molecule has 0 saturated heterocycles. The third kappa shape index (κ3) is 2.86. The summed E-state index contributed by atoms with van der Waals surface area (Å²) in [6, 6.07) is 7.11. The molecule has 0 fully saturated rings. The molecule has 1 aromatic carbocycles. The number of anilines is 1. The Labute approximate surface area is 116 Å². The van der Waals surface area contributed by atoms with E-state index in [-0.39, 0.29) is 5.91 Å². The Hall–Kier alpha value is -0.910. The zero-order valence-corrected chi connectivity index (χ0v) is 12.0. The molecule has 0 atom stereocenters. The van der Waals surface area contributed by atoms with Crippen LogP contribution < -0.4 is 4.90 Å². The van der Waals surface area contributed by atoms with E-state index >= 15 is 0 Å². The van der Waals surface area contributed by atoms with E-state index in [1.165, 1.54) is 11.3 Å². The number of carbonyl (C=O) groups excluding carboxylic acids is 1. The van der Waals surface area contributed by atoms with Crippen molar-refractivity contribution in [2.24, 2.45) is 0 Å². The van der Waals surface area contributed by atoms with E-state index in [0.717, 1.165) is 5.69 Å². The number of carbonyl (C=O) groups is 1. The Morgan fingerprint density at radius 1 is 1.41 bits per heavy atom. The van der Waals surface area contributed by atoms with Crippen LogP contribution in [0, 0.1) is 0 Å². The number of hydrogen-bond acceptors (Lipinski definition) is 3. The van der Waals surface area contributed by atoms with E-state index in [0.29, 0.717) is 13.8 Å². The lowest BCUT2D eigenvalue weighted by molar-refractivity contribution is 0.0996. The number of benzene rings is 1. The van der Waals surface area contributed by atoms with Crippen LogP contribution >= 0.6 is 38.9 Å².